The molecule has 0 saturated carbocycles. The van der Waals surface area contributed by atoms with Crippen molar-refractivity contribution >= 4 is 15.9 Å². The number of alkyl halides is 4. The van der Waals surface area contributed by atoms with Crippen LogP contribution in [0.3, 0.4) is 0 Å². The Kier molecular flexibility index (Phi) is 3.93. The molecule has 0 aliphatic carbocycles. The minimum atomic E-state index is -4.36. The fraction of sp³-hybridized carbons (Fsp3) is 0.333. The Morgan fingerprint density at radius 2 is 2.00 bits per heavy atom. The summed E-state index contributed by atoms with van der Waals surface area (Å²) < 4.78 is 39.8. The van der Waals surface area contributed by atoms with Crippen LogP contribution in [0.5, 0.6) is 0 Å². The molecule has 2 rings (SSSR count). The molecule has 0 bridgehead atoms. The van der Waals surface area contributed by atoms with Crippen LogP contribution >= 0.6 is 15.9 Å². The van der Waals surface area contributed by atoms with Crippen molar-refractivity contribution in [3.63, 3.8) is 0 Å². The van der Waals surface area contributed by atoms with Crippen molar-refractivity contribution in [3.05, 3.63) is 35.7 Å². The van der Waals surface area contributed by atoms with E-state index < -0.39 is 11.7 Å². The molecule has 1 aromatic carbocycles. The molecule has 3 nitrogen and oxygen atoms in total. The average Bonchev–Trinajstić information content (AvgIpc) is 2.80. The topological polar surface area (TPSA) is 30.7 Å². The number of nitrogens with zero attached hydrogens (tertiary/aromatic N) is 3. The summed E-state index contributed by atoms with van der Waals surface area (Å²) in [4.78, 5) is 0. The van der Waals surface area contributed by atoms with Crippen molar-refractivity contribution in [2.45, 2.75) is 25.0 Å². The summed E-state index contributed by atoms with van der Waals surface area (Å²) in [6.07, 6.45) is -4.36. The van der Waals surface area contributed by atoms with Gasteiger partial charge in [0.15, 0.2) is 5.82 Å². The summed E-state index contributed by atoms with van der Waals surface area (Å²) in [6.45, 7) is 2.49. The van der Waals surface area contributed by atoms with Crippen molar-refractivity contribution in [3.8, 4) is 11.4 Å². The zero-order valence-electron chi connectivity index (χ0n) is 10.1. The molecule has 0 aliphatic heterocycles. The highest BCUT2D eigenvalue weighted by Gasteiger charge is 2.30. The van der Waals surface area contributed by atoms with Crippen LogP contribution < -0.4 is 0 Å². The second-order valence-corrected chi connectivity index (χ2v) is 4.46. The Hall–Kier alpha value is -1.37. The smallest absolute Gasteiger partial charge is 0.311 e. The highest BCUT2D eigenvalue weighted by molar-refractivity contribution is 9.08. The molecule has 0 unspecified atom stereocenters. The van der Waals surface area contributed by atoms with E-state index >= 15 is 0 Å². The van der Waals surface area contributed by atoms with Crippen LogP contribution in [0.4, 0.5) is 13.2 Å². The first-order chi connectivity index (χ1) is 8.97. The maximum atomic E-state index is 12.7. The van der Waals surface area contributed by atoms with Crippen molar-refractivity contribution in [2.24, 2.45) is 0 Å². The van der Waals surface area contributed by atoms with Crippen molar-refractivity contribution < 1.29 is 13.2 Å². The van der Waals surface area contributed by atoms with E-state index in [-0.39, 0.29) is 0 Å². The Bertz CT molecular complexity index is 578. The Balaban J connectivity index is 2.51. The molecule has 7 heteroatoms. The average molecular weight is 334 g/mol. The maximum Gasteiger partial charge on any atom is 0.416 e. The second kappa shape index (κ2) is 5.32. The number of hydrogen-bond donors (Lipinski definition) is 0. The van der Waals surface area contributed by atoms with E-state index in [1.807, 2.05) is 6.92 Å². The van der Waals surface area contributed by atoms with Crippen LogP contribution in [-0.4, -0.2) is 14.8 Å². The fourth-order valence-corrected chi connectivity index (χ4v) is 2.23. The molecule has 0 aliphatic rings. The van der Waals surface area contributed by atoms with Crippen molar-refractivity contribution in [2.75, 3.05) is 0 Å². The molecule has 0 saturated heterocycles. The van der Waals surface area contributed by atoms with Gasteiger partial charge in [-0.1, -0.05) is 28.1 Å². The zero-order valence-corrected chi connectivity index (χ0v) is 11.7. The maximum absolute atomic E-state index is 12.7. The SMILES string of the molecule is CCn1c(CBr)nnc1-c1cccc(C(F)(F)F)c1. The molecule has 2 aromatic rings. The quantitative estimate of drug-likeness (QED) is 0.798. The Morgan fingerprint density at radius 3 is 2.58 bits per heavy atom. The molecular formula is C12H11BrF3N3. The number of hydrogen-bond acceptors (Lipinski definition) is 2. The minimum Gasteiger partial charge on any atom is -0.311 e. The van der Waals surface area contributed by atoms with Gasteiger partial charge in [0.1, 0.15) is 5.82 Å². The van der Waals surface area contributed by atoms with Crippen molar-refractivity contribution in [1.82, 2.24) is 14.8 Å². The second-order valence-electron chi connectivity index (χ2n) is 3.90. The third-order valence-electron chi connectivity index (χ3n) is 2.71. The molecule has 1 aromatic heterocycles. The van der Waals surface area contributed by atoms with Gasteiger partial charge in [0.2, 0.25) is 0 Å². The first kappa shape index (κ1) is 14.0. The predicted octanol–water partition coefficient (Wildman–Crippen LogP) is 3.88. The van der Waals surface area contributed by atoms with E-state index in [9.17, 15) is 13.2 Å². The van der Waals surface area contributed by atoms with E-state index in [1.165, 1.54) is 6.07 Å². The van der Waals surface area contributed by atoms with Crippen LogP contribution in [0.2, 0.25) is 0 Å². The summed E-state index contributed by atoms with van der Waals surface area (Å²) in [5, 5.41) is 8.43. The van der Waals surface area contributed by atoms with Gasteiger partial charge in [-0.2, -0.15) is 13.2 Å². The molecule has 1 heterocycles. The molecule has 0 atom stereocenters. The third kappa shape index (κ3) is 2.80. The van der Waals surface area contributed by atoms with Gasteiger partial charge in [-0.05, 0) is 19.1 Å². The summed E-state index contributed by atoms with van der Waals surface area (Å²) in [6, 6.07) is 5.11. The first-order valence-electron chi connectivity index (χ1n) is 5.63. The molecule has 0 amide bonds. The van der Waals surface area contributed by atoms with Gasteiger partial charge in [-0.3, -0.25) is 0 Å². The summed E-state index contributed by atoms with van der Waals surface area (Å²) in [7, 11) is 0. The monoisotopic (exact) mass is 333 g/mol. The van der Waals surface area contributed by atoms with Gasteiger partial charge in [0.05, 0.1) is 10.9 Å². The zero-order chi connectivity index (χ0) is 14.0. The van der Waals surface area contributed by atoms with Gasteiger partial charge in [-0.15, -0.1) is 10.2 Å². The number of aromatic nitrogens is 3. The molecule has 0 spiro atoms. The van der Waals surface area contributed by atoms with Crippen LogP contribution in [0.15, 0.2) is 24.3 Å². The van der Waals surface area contributed by atoms with Crippen LogP contribution in [0.1, 0.15) is 18.3 Å². The number of rotatable bonds is 3. The Morgan fingerprint density at radius 1 is 1.26 bits per heavy atom. The minimum absolute atomic E-state index is 0.413. The first-order valence-corrected chi connectivity index (χ1v) is 6.75. The molecular weight excluding hydrogens is 323 g/mol. The lowest BCUT2D eigenvalue weighted by Crippen LogP contribution is -2.06. The standard InChI is InChI=1S/C12H11BrF3N3/c1-2-19-10(7-13)17-18-11(19)8-4-3-5-9(6-8)12(14,15)16/h3-6H,2,7H2,1H3. The van der Waals surface area contributed by atoms with E-state index in [2.05, 4.69) is 26.1 Å². The van der Waals surface area contributed by atoms with Gasteiger partial charge >= 0.3 is 6.18 Å². The van der Waals surface area contributed by atoms with Crippen molar-refractivity contribution in [1.29, 1.82) is 0 Å². The predicted molar refractivity (Wildman–Crippen MR) is 68.8 cm³/mol. The number of halogens is 4. The van der Waals surface area contributed by atoms with Gasteiger partial charge in [-0.25, -0.2) is 0 Å². The van der Waals surface area contributed by atoms with Gasteiger partial charge < -0.3 is 4.57 Å². The normalized spacial score (nSPS) is 11.8. The van der Waals surface area contributed by atoms with E-state index in [1.54, 1.807) is 10.6 Å². The molecule has 0 radical (unpaired) electrons. The van der Waals surface area contributed by atoms with E-state index in [4.69, 9.17) is 0 Å². The lowest BCUT2D eigenvalue weighted by Gasteiger charge is -2.09. The Labute approximate surface area is 116 Å². The highest BCUT2D eigenvalue weighted by atomic mass is 79.9. The van der Waals surface area contributed by atoms with E-state index in [0.717, 1.165) is 12.1 Å². The summed E-state index contributed by atoms with van der Waals surface area (Å²) >= 11 is 3.28. The highest BCUT2D eigenvalue weighted by Crippen LogP contribution is 2.31. The summed E-state index contributed by atoms with van der Waals surface area (Å²) in [5.41, 5.74) is -0.271. The lowest BCUT2D eigenvalue weighted by molar-refractivity contribution is -0.137. The molecule has 19 heavy (non-hydrogen) atoms. The van der Waals surface area contributed by atoms with Crippen LogP contribution in [0, 0.1) is 0 Å². The molecule has 0 fully saturated rings. The summed E-state index contributed by atoms with van der Waals surface area (Å²) in [5.74, 6) is 1.14. The van der Waals surface area contributed by atoms with Crippen LogP contribution in [0.25, 0.3) is 11.4 Å². The van der Waals surface area contributed by atoms with Crippen LogP contribution in [-0.2, 0) is 18.1 Å². The fourth-order valence-electron chi connectivity index (χ4n) is 1.81. The largest absolute Gasteiger partial charge is 0.416 e. The van der Waals surface area contributed by atoms with E-state index in [0.29, 0.717) is 29.1 Å². The molecule has 102 valence electrons. The molecule has 0 N–H and O–H groups in total. The lowest BCUT2D eigenvalue weighted by atomic mass is 10.1. The van der Waals surface area contributed by atoms with Gasteiger partial charge in [0, 0.05) is 12.1 Å². The van der Waals surface area contributed by atoms with Gasteiger partial charge in [0.25, 0.3) is 0 Å². The number of benzene rings is 1. The third-order valence-corrected chi connectivity index (χ3v) is 3.21.